The number of hydrogen-bond acceptors (Lipinski definition) is 3. The molecule has 0 saturated carbocycles. The Bertz CT molecular complexity index is 854. The average Bonchev–Trinajstić information content (AvgIpc) is 2.86. The molecule has 0 amide bonds. The Hall–Kier alpha value is -2.71. The van der Waals surface area contributed by atoms with Crippen molar-refractivity contribution in [1.82, 2.24) is 9.78 Å². The number of ether oxygens (including phenoxy) is 1. The lowest BCUT2D eigenvalue weighted by atomic mass is 10.2. The first-order valence-electron chi connectivity index (χ1n) is 6.96. The van der Waals surface area contributed by atoms with E-state index >= 15 is 0 Å². The zero-order valence-electron chi connectivity index (χ0n) is 13.3. The van der Waals surface area contributed by atoms with Gasteiger partial charge in [-0.15, -0.1) is 10.6 Å². The minimum atomic E-state index is -3.05. The van der Waals surface area contributed by atoms with Crippen molar-refractivity contribution in [2.45, 2.75) is 26.3 Å². The van der Waals surface area contributed by atoms with Crippen molar-refractivity contribution in [1.29, 1.82) is 5.26 Å². The fraction of sp³-hybridized carbons (Fsp3) is 0.250. The van der Waals surface area contributed by atoms with Crippen LogP contribution in [0.4, 0.5) is 13.2 Å². The van der Waals surface area contributed by atoms with Crippen molar-refractivity contribution in [2.24, 2.45) is 0 Å². The monoisotopic (exact) mass is 349 g/mol. The number of halogens is 3. The van der Waals surface area contributed by atoms with E-state index in [-0.39, 0.29) is 22.7 Å². The van der Waals surface area contributed by atoms with E-state index in [9.17, 15) is 13.2 Å². The normalized spacial score (nSPS) is 10.9. The van der Waals surface area contributed by atoms with E-state index in [0.29, 0.717) is 0 Å². The summed E-state index contributed by atoms with van der Waals surface area (Å²) in [5.41, 5.74) is 3.52. The lowest BCUT2D eigenvalue weighted by Gasteiger charge is -2.03. The van der Waals surface area contributed by atoms with Gasteiger partial charge in [-0.05, 0) is 18.2 Å². The Morgan fingerprint density at radius 2 is 1.96 bits per heavy atom. The van der Waals surface area contributed by atoms with Crippen LogP contribution < -0.4 is 4.74 Å². The van der Waals surface area contributed by atoms with E-state index in [1.165, 1.54) is 12.3 Å². The molecule has 124 valence electrons. The number of rotatable bonds is 3. The van der Waals surface area contributed by atoms with Crippen LogP contribution in [-0.2, 0) is 0 Å². The van der Waals surface area contributed by atoms with Gasteiger partial charge in [0, 0.05) is 0 Å². The predicted octanol–water partition coefficient (Wildman–Crippen LogP) is 3.71. The van der Waals surface area contributed by atoms with Gasteiger partial charge in [0.1, 0.15) is 19.5 Å². The van der Waals surface area contributed by atoms with Gasteiger partial charge in [0.25, 0.3) is 5.88 Å². The van der Waals surface area contributed by atoms with Crippen molar-refractivity contribution >= 4 is 8.07 Å². The Balaban J connectivity index is 2.52. The zero-order chi connectivity index (χ0) is 17.9. The molecule has 1 aromatic heterocycles. The highest BCUT2D eigenvalue weighted by atomic mass is 28.3. The summed E-state index contributed by atoms with van der Waals surface area (Å²) in [4.78, 5) is 0. The van der Waals surface area contributed by atoms with E-state index in [2.05, 4.69) is 21.3 Å². The summed E-state index contributed by atoms with van der Waals surface area (Å²) in [7, 11) is -1.74. The predicted molar refractivity (Wildman–Crippen MR) is 85.1 cm³/mol. The van der Waals surface area contributed by atoms with Crippen LogP contribution >= 0.6 is 0 Å². The molecule has 2 rings (SSSR count). The Morgan fingerprint density at radius 1 is 1.25 bits per heavy atom. The van der Waals surface area contributed by atoms with E-state index in [0.717, 1.165) is 16.8 Å². The van der Waals surface area contributed by atoms with Crippen molar-refractivity contribution in [3.63, 3.8) is 0 Å². The van der Waals surface area contributed by atoms with Crippen molar-refractivity contribution in [3.8, 4) is 29.1 Å². The topological polar surface area (TPSA) is 50.8 Å². The molecule has 0 bridgehead atoms. The molecule has 0 aliphatic heterocycles. The van der Waals surface area contributed by atoms with Gasteiger partial charge in [0.15, 0.2) is 0 Å². The SMILES string of the molecule is C[Si](C)(C)C#Cc1cn(-c2cc(F)cc(C#N)c2)nc1OC(F)F. The summed E-state index contributed by atoms with van der Waals surface area (Å²) in [6, 6.07) is 5.41. The summed E-state index contributed by atoms with van der Waals surface area (Å²) in [6.45, 7) is 2.96. The third-order valence-corrected chi connectivity index (χ3v) is 3.60. The molecule has 1 aromatic carbocycles. The van der Waals surface area contributed by atoms with Gasteiger partial charge in [0.2, 0.25) is 0 Å². The molecule has 4 nitrogen and oxygen atoms in total. The van der Waals surface area contributed by atoms with Crippen LogP contribution in [0.5, 0.6) is 5.88 Å². The highest BCUT2D eigenvalue weighted by Gasteiger charge is 2.16. The standard InChI is InChI=1S/C16H14F3N3OSi/c1-24(2,3)5-4-12-10-22(21-15(12)23-16(18)19)14-7-11(9-20)6-13(17)8-14/h6-8,10,16H,1-3H3. The number of alkyl halides is 2. The number of aromatic nitrogens is 2. The molecule has 0 aliphatic carbocycles. The van der Waals surface area contributed by atoms with Crippen LogP contribution in [-0.4, -0.2) is 24.5 Å². The first kappa shape index (κ1) is 17.6. The highest BCUT2D eigenvalue weighted by Crippen LogP contribution is 2.21. The van der Waals surface area contributed by atoms with Crippen LogP contribution in [0.1, 0.15) is 11.1 Å². The third-order valence-electron chi connectivity index (χ3n) is 2.73. The smallest absolute Gasteiger partial charge is 0.388 e. The molecule has 8 heteroatoms. The molecule has 2 aromatic rings. The average molecular weight is 349 g/mol. The molecule has 0 fully saturated rings. The quantitative estimate of drug-likeness (QED) is 0.627. The molecular weight excluding hydrogens is 335 g/mol. The van der Waals surface area contributed by atoms with Crippen molar-refractivity contribution in [3.05, 3.63) is 41.3 Å². The third kappa shape index (κ3) is 4.64. The molecule has 0 unspecified atom stereocenters. The second kappa shape index (κ2) is 6.81. The van der Waals surface area contributed by atoms with Crippen LogP contribution in [0.2, 0.25) is 19.6 Å². The fourth-order valence-corrected chi connectivity index (χ4v) is 2.28. The number of hydrogen-bond donors (Lipinski definition) is 0. The second-order valence-electron chi connectivity index (χ2n) is 5.98. The number of nitrogens with zero attached hydrogens (tertiary/aromatic N) is 3. The van der Waals surface area contributed by atoms with Crippen LogP contribution in [0.3, 0.4) is 0 Å². The van der Waals surface area contributed by atoms with Crippen molar-refractivity contribution in [2.75, 3.05) is 0 Å². The summed E-state index contributed by atoms with van der Waals surface area (Å²) in [5.74, 6) is 1.83. The Morgan fingerprint density at radius 3 is 2.54 bits per heavy atom. The van der Waals surface area contributed by atoms with Crippen LogP contribution in [0.25, 0.3) is 5.69 Å². The Labute approximate surface area is 138 Å². The van der Waals surface area contributed by atoms with Gasteiger partial charge in [-0.2, -0.15) is 14.0 Å². The first-order chi connectivity index (χ1) is 11.2. The minimum absolute atomic E-state index is 0.0894. The molecule has 0 aliphatic rings. The highest BCUT2D eigenvalue weighted by molar-refractivity contribution is 6.83. The largest absolute Gasteiger partial charge is 0.414 e. The van der Waals surface area contributed by atoms with Gasteiger partial charge < -0.3 is 4.74 Å². The summed E-state index contributed by atoms with van der Waals surface area (Å²) >= 11 is 0. The molecule has 0 saturated heterocycles. The van der Waals surface area contributed by atoms with E-state index in [1.54, 1.807) is 0 Å². The summed E-state index contributed by atoms with van der Waals surface area (Å²) < 4.78 is 44.2. The lowest BCUT2D eigenvalue weighted by Crippen LogP contribution is -2.16. The zero-order valence-corrected chi connectivity index (χ0v) is 14.3. The van der Waals surface area contributed by atoms with Crippen LogP contribution in [0.15, 0.2) is 24.4 Å². The van der Waals surface area contributed by atoms with E-state index < -0.39 is 20.5 Å². The Kier molecular flexibility index (Phi) is 5.01. The first-order valence-corrected chi connectivity index (χ1v) is 10.5. The van der Waals surface area contributed by atoms with Gasteiger partial charge in [-0.3, -0.25) is 0 Å². The van der Waals surface area contributed by atoms with Gasteiger partial charge in [0.05, 0.1) is 23.5 Å². The molecule has 0 atom stereocenters. The van der Waals surface area contributed by atoms with Crippen LogP contribution in [0, 0.1) is 28.6 Å². The maximum Gasteiger partial charge on any atom is 0.388 e. The molecule has 24 heavy (non-hydrogen) atoms. The second-order valence-corrected chi connectivity index (χ2v) is 10.7. The van der Waals surface area contributed by atoms with Gasteiger partial charge in [-0.1, -0.05) is 25.6 Å². The number of nitriles is 1. The summed E-state index contributed by atoms with van der Waals surface area (Å²) in [5, 5.41) is 12.8. The van der Waals surface area contributed by atoms with E-state index in [4.69, 9.17) is 5.26 Å². The minimum Gasteiger partial charge on any atom is -0.414 e. The van der Waals surface area contributed by atoms with Crippen molar-refractivity contribution < 1.29 is 17.9 Å². The van der Waals surface area contributed by atoms with Gasteiger partial charge >= 0.3 is 6.61 Å². The molecule has 0 radical (unpaired) electrons. The number of benzene rings is 1. The molecule has 1 heterocycles. The molecular formula is C16H14F3N3OSi. The summed E-state index contributed by atoms with van der Waals surface area (Å²) in [6.07, 6.45) is 1.38. The maximum absolute atomic E-state index is 13.6. The van der Waals surface area contributed by atoms with Gasteiger partial charge in [-0.25, -0.2) is 9.07 Å². The molecule has 0 N–H and O–H groups in total. The fourth-order valence-electron chi connectivity index (χ4n) is 1.77. The lowest BCUT2D eigenvalue weighted by molar-refractivity contribution is -0.0532. The molecule has 0 spiro atoms. The van der Waals surface area contributed by atoms with E-state index in [1.807, 2.05) is 25.7 Å². The maximum atomic E-state index is 13.6.